The van der Waals surface area contributed by atoms with Gasteiger partial charge in [-0.05, 0) is 76.8 Å². The molecule has 35 heavy (non-hydrogen) atoms. The zero-order chi connectivity index (χ0) is 25.6. The molecule has 0 saturated carbocycles. The van der Waals surface area contributed by atoms with Crippen LogP contribution in [0.5, 0.6) is 11.5 Å². The summed E-state index contributed by atoms with van der Waals surface area (Å²) >= 11 is 3.32. The van der Waals surface area contributed by atoms with Gasteiger partial charge in [0.25, 0.3) is 5.91 Å². The number of nitriles is 1. The molecule has 0 unspecified atom stereocenters. The molecule has 0 atom stereocenters. The molecular weight excluding hydrogens is 532 g/mol. The second-order valence-electron chi connectivity index (χ2n) is 7.52. The summed E-state index contributed by atoms with van der Waals surface area (Å²) in [7, 11) is -2.76. The molecule has 0 aliphatic rings. The minimum Gasteiger partial charge on any atom is -0.493 e. The Kier molecular flexibility index (Phi) is 8.33. The maximum absolute atomic E-state index is 12.8. The van der Waals surface area contributed by atoms with Crippen LogP contribution in [-0.4, -0.2) is 21.4 Å². The van der Waals surface area contributed by atoms with Crippen LogP contribution in [0, 0.1) is 18.3 Å². The third-order valence-corrected chi connectivity index (χ3v) is 6.90. The number of halogens is 1. The molecule has 7 nitrogen and oxygen atoms in total. The quantitative estimate of drug-likeness (QED) is 0.219. The Hall–Kier alpha value is -3.61. The number of methoxy groups -OCH3 is 1. The lowest BCUT2D eigenvalue weighted by molar-refractivity contribution is -0.112. The van der Waals surface area contributed by atoms with Gasteiger partial charge in [-0.25, -0.2) is 0 Å². The van der Waals surface area contributed by atoms with Crippen molar-refractivity contribution in [3.05, 3.63) is 87.4 Å². The van der Waals surface area contributed by atoms with Crippen LogP contribution in [0.15, 0.2) is 75.6 Å². The second-order valence-corrected chi connectivity index (χ2v) is 9.92. The average Bonchev–Trinajstić information content (AvgIpc) is 2.84. The smallest absolute Gasteiger partial charge is 0.339 e. The van der Waals surface area contributed by atoms with Crippen molar-refractivity contribution in [2.45, 2.75) is 25.2 Å². The Balaban J connectivity index is 1.92. The molecule has 0 saturated heterocycles. The topological polar surface area (TPSA) is 105 Å². The van der Waals surface area contributed by atoms with E-state index in [-0.39, 0.29) is 26.4 Å². The predicted octanol–water partition coefficient (Wildman–Crippen LogP) is 5.64. The highest BCUT2D eigenvalue weighted by molar-refractivity contribution is 9.10. The van der Waals surface area contributed by atoms with Crippen molar-refractivity contribution in [2.75, 3.05) is 12.4 Å². The van der Waals surface area contributed by atoms with E-state index in [4.69, 9.17) is 8.92 Å². The van der Waals surface area contributed by atoms with Crippen LogP contribution in [0.2, 0.25) is 0 Å². The van der Waals surface area contributed by atoms with Crippen molar-refractivity contribution in [1.82, 2.24) is 0 Å². The SMILES string of the molecule is CCc1ccccc1NC(=O)/C(C#N)=C/c1cc(Br)c(OS(=O)(=O)c2ccc(C)cc2)c(OC)c1. The predicted molar refractivity (Wildman–Crippen MR) is 138 cm³/mol. The van der Waals surface area contributed by atoms with Gasteiger partial charge in [0.05, 0.1) is 11.6 Å². The fourth-order valence-corrected chi connectivity index (χ4v) is 4.83. The lowest BCUT2D eigenvalue weighted by Crippen LogP contribution is -2.14. The van der Waals surface area contributed by atoms with E-state index in [0.29, 0.717) is 11.3 Å². The molecule has 9 heteroatoms. The summed E-state index contributed by atoms with van der Waals surface area (Å²) in [5, 5.41) is 12.3. The van der Waals surface area contributed by atoms with Gasteiger partial charge in [-0.3, -0.25) is 4.79 Å². The Bertz CT molecular complexity index is 1430. The Morgan fingerprint density at radius 1 is 1.14 bits per heavy atom. The number of nitrogens with one attached hydrogen (secondary N) is 1. The fourth-order valence-electron chi connectivity index (χ4n) is 3.22. The lowest BCUT2D eigenvalue weighted by atomic mass is 10.1. The van der Waals surface area contributed by atoms with Crippen molar-refractivity contribution >= 4 is 43.7 Å². The maximum atomic E-state index is 12.8. The number of benzene rings is 3. The highest BCUT2D eigenvalue weighted by Crippen LogP contribution is 2.39. The minimum absolute atomic E-state index is 0.00294. The van der Waals surface area contributed by atoms with Gasteiger partial charge in [-0.15, -0.1) is 0 Å². The number of aryl methyl sites for hydroxylation is 2. The van der Waals surface area contributed by atoms with Crippen molar-refractivity contribution in [1.29, 1.82) is 5.26 Å². The van der Waals surface area contributed by atoms with Crippen molar-refractivity contribution in [2.24, 2.45) is 0 Å². The van der Waals surface area contributed by atoms with Crippen molar-refractivity contribution in [3.63, 3.8) is 0 Å². The molecule has 0 fully saturated rings. The van der Waals surface area contributed by atoms with Gasteiger partial charge in [0, 0.05) is 5.69 Å². The highest BCUT2D eigenvalue weighted by Gasteiger charge is 2.22. The van der Waals surface area contributed by atoms with E-state index in [2.05, 4.69) is 21.2 Å². The highest BCUT2D eigenvalue weighted by atomic mass is 79.9. The molecule has 1 N–H and O–H groups in total. The molecule has 1 amide bonds. The van der Waals surface area contributed by atoms with Gasteiger partial charge < -0.3 is 14.2 Å². The van der Waals surface area contributed by atoms with Gasteiger partial charge in [-0.2, -0.15) is 13.7 Å². The third kappa shape index (κ3) is 6.29. The summed E-state index contributed by atoms with van der Waals surface area (Å²) in [6, 6.07) is 18.5. The molecule has 0 bridgehead atoms. The number of para-hydroxylation sites is 1. The van der Waals surface area contributed by atoms with E-state index < -0.39 is 16.0 Å². The molecule has 3 aromatic carbocycles. The van der Waals surface area contributed by atoms with E-state index in [1.807, 2.05) is 32.0 Å². The summed E-state index contributed by atoms with van der Waals surface area (Å²) in [4.78, 5) is 12.7. The van der Waals surface area contributed by atoms with E-state index in [1.54, 1.807) is 24.3 Å². The number of hydrogen-bond acceptors (Lipinski definition) is 6. The molecule has 0 aliphatic carbocycles. The number of amides is 1. The van der Waals surface area contributed by atoms with Crippen LogP contribution >= 0.6 is 15.9 Å². The van der Waals surface area contributed by atoms with Gasteiger partial charge in [-0.1, -0.05) is 42.8 Å². The summed E-state index contributed by atoms with van der Waals surface area (Å²) < 4.78 is 36.5. The van der Waals surface area contributed by atoms with E-state index in [0.717, 1.165) is 17.5 Å². The third-order valence-electron chi connectivity index (χ3n) is 5.08. The molecule has 0 heterocycles. The first kappa shape index (κ1) is 26.0. The molecule has 0 aliphatic heterocycles. The van der Waals surface area contributed by atoms with Crippen LogP contribution in [0.1, 0.15) is 23.6 Å². The summed E-state index contributed by atoms with van der Waals surface area (Å²) in [5.74, 6) is -0.508. The van der Waals surface area contributed by atoms with Crippen molar-refractivity contribution < 1.29 is 22.1 Å². The van der Waals surface area contributed by atoms with Gasteiger partial charge in [0.15, 0.2) is 11.5 Å². The van der Waals surface area contributed by atoms with Gasteiger partial charge in [0.2, 0.25) is 0 Å². The molecule has 3 aromatic rings. The summed E-state index contributed by atoms with van der Waals surface area (Å²) in [5.41, 5.74) is 2.79. The molecule has 0 spiro atoms. The molecule has 0 radical (unpaired) electrons. The number of carbonyl (C=O) groups excluding carboxylic acids is 1. The summed E-state index contributed by atoms with van der Waals surface area (Å²) in [6.45, 7) is 3.82. The first-order valence-electron chi connectivity index (χ1n) is 10.6. The zero-order valence-corrected chi connectivity index (χ0v) is 21.7. The number of hydrogen-bond donors (Lipinski definition) is 1. The minimum atomic E-state index is -4.12. The second kappa shape index (κ2) is 11.2. The first-order valence-corrected chi connectivity index (χ1v) is 12.8. The van der Waals surface area contributed by atoms with E-state index >= 15 is 0 Å². The number of ether oxygens (including phenoxy) is 1. The van der Waals surface area contributed by atoms with E-state index in [9.17, 15) is 18.5 Å². The fraction of sp³-hybridized carbons (Fsp3) is 0.154. The number of carbonyl (C=O) groups is 1. The molecular formula is C26H23BrN2O5S. The normalized spacial score (nSPS) is 11.5. The van der Waals surface area contributed by atoms with Crippen LogP contribution in [0.25, 0.3) is 6.08 Å². The van der Waals surface area contributed by atoms with Gasteiger partial charge >= 0.3 is 10.1 Å². The largest absolute Gasteiger partial charge is 0.493 e. The monoisotopic (exact) mass is 554 g/mol. The van der Waals surface area contributed by atoms with Crippen LogP contribution in [0.4, 0.5) is 5.69 Å². The molecule has 180 valence electrons. The Labute approximate surface area is 213 Å². The number of rotatable bonds is 8. The van der Waals surface area contributed by atoms with Crippen LogP contribution in [0.3, 0.4) is 0 Å². The first-order chi connectivity index (χ1) is 16.7. The Morgan fingerprint density at radius 2 is 1.83 bits per heavy atom. The number of nitrogens with zero attached hydrogens (tertiary/aromatic N) is 1. The number of anilines is 1. The summed E-state index contributed by atoms with van der Waals surface area (Å²) in [6.07, 6.45) is 2.11. The molecule has 0 aromatic heterocycles. The van der Waals surface area contributed by atoms with E-state index in [1.165, 1.54) is 37.5 Å². The van der Waals surface area contributed by atoms with Crippen LogP contribution in [-0.2, 0) is 21.3 Å². The van der Waals surface area contributed by atoms with Gasteiger partial charge in [0.1, 0.15) is 16.5 Å². The van der Waals surface area contributed by atoms with Crippen molar-refractivity contribution in [3.8, 4) is 17.6 Å². The average molecular weight is 555 g/mol. The Morgan fingerprint density at radius 3 is 2.46 bits per heavy atom. The molecule has 3 rings (SSSR count). The lowest BCUT2D eigenvalue weighted by Gasteiger charge is -2.14. The standard InChI is InChI=1S/C26H23BrN2O5S/c1-4-19-7-5-6-8-23(19)29-26(30)20(16-28)13-18-14-22(27)25(24(15-18)33-3)34-35(31,32)21-11-9-17(2)10-12-21/h5-15H,4H2,1-3H3,(H,29,30)/b20-13+. The van der Waals surface area contributed by atoms with Crippen LogP contribution < -0.4 is 14.2 Å². The maximum Gasteiger partial charge on any atom is 0.339 e. The zero-order valence-electron chi connectivity index (χ0n) is 19.3.